The third-order valence-corrected chi connectivity index (χ3v) is 4.78. The number of carboxylic acids is 1. The van der Waals surface area contributed by atoms with Crippen LogP contribution in [0.15, 0.2) is 0 Å². The van der Waals surface area contributed by atoms with Crippen LogP contribution in [-0.2, 0) is 4.79 Å². The summed E-state index contributed by atoms with van der Waals surface area (Å²) < 4.78 is 0. The average Bonchev–Trinajstić information content (AvgIpc) is 3.27. The van der Waals surface area contributed by atoms with Crippen molar-refractivity contribution in [2.45, 2.75) is 64.0 Å². The Balaban J connectivity index is 1.95. The van der Waals surface area contributed by atoms with E-state index < -0.39 is 5.97 Å². The summed E-state index contributed by atoms with van der Waals surface area (Å²) in [6.07, 6.45) is 6.23. The molecule has 1 aliphatic heterocycles. The molecule has 1 aliphatic carbocycles. The molecule has 1 N–H and O–H groups in total. The van der Waals surface area contributed by atoms with Crippen LogP contribution in [0.4, 0.5) is 4.79 Å². The second-order valence-corrected chi connectivity index (χ2v) is 6.25. The van der Waals surface area contributed by atoms with Crippen LogP contribution in [0.2, 0.25) is 0 Å². The number of carbonyl (C=O) groups is 2. The number of hydrogen-bond acceptors (Lipinski definition) is 2. The Bertz CT molecular complexity index is 368. The lowest BCUT2D eigenvalue weighted by atomic mass is 9.98. The van der Waals surface area contributed by atoms with Crippen molar-refractivity contribution in [3.05, 3.63) is 0 Å². The molecule has 2 unspecified atom stereocenters. The van der Waals surface area contributed by atoms with Crippen molar-refractivity contribution in [1.29, 1.82) is 0 Å². The number of urea groups is 1. The van der Waals surface area contributed by atoms with Crippen LogP contribution in [0.5, 0.6) is 0 Å². The second-order valence-electron chi connectivity index (χ2n) is 6.25. The summed E-state index contributed by atoms with van der Waals surface area (Å²) in [7, 11) is 1.88. The lowest BCUT2D eigenvalue weighted by molar-refractivity contribution is -0.137. The Morgan fingerprint density at radius 1 is 1.30 bits per heavy atom. The van der Waals surface area contributed by atoms with E-state index in [-0.39, 0.29) is 18.5 Å². The molecule has 0 spiro atoms. The van der Waals surface area contributed by atoms with Gasteiger partial charge in [-0.2, -0.15) is 0 Å². The normalized spacial score (nSPS) is 24.3. The summed E-state index contributed by atoms with van der Waals surface area (Å²) in [5, 5.41) is 8.83. The van der Waals surface area contributed by atoms with E-state index in [2.05, 4.69) is 6.92 Å². The van der Waals surface area contributed by atoms with Gasteiger partial charge < -0.3 is 14.9 Å². The minimum atomic E-state index is -0.775. The SMILES string of the molecule is CC(C1CC1)N(C)C(=O)N1CCCCC1CCC(=O)O. The summed E-state index contributed by atoms with van der Waals surface area (Å²) in [6.45, 7) is 2.89. The van der Waals surface area contributed by atoms with E-state index >= 15 is 0 Å². The molecule has 5 heteroatoms. The Hall–Kier alpha value is -1.26. The third kappa shape index (κ3) is 3.64. The highest BCUT2D eigenvalue weighted by Gasteiger charge is 2.36. The van der Waals surface area contributed by atoms with E-state index in [9.17, 15) is 9.59 Å². The van der Waals surface area contributed by atoms with Gasteiger partial charge in [-0.15, -0.1) is 0 Å². The first-order valence-electron chi connectivity index (χ1n) is 7.76. The van der Waals surface area contributed by atoms with Gasteiger partial charge >= 0.3 is 12.0 Å². The number of hydrogen-bond donors (Lipinski definition) is 1. The first-order valence-corrected chi connectivity index (χ1v) is 7.76. The number of carbonyl (C=O) groups excluding carboxylic acids is 1. The van der Waals surface area contributed by atoms with Crippen LogP contribution < -0.4 is 0 Å². The summed E-state index contributed by atoms with van der Waals surface area (Å²) in [5.41, 5.74) is 0. The van der Waals surface area contributed by atoms with Crippen LogP contribution in [0, 0.1) is 5.92 Å². The first kappa shape index (κ1) is 15.1. The predicted molar refractivity (Wildman–Crippen MR) is 76.6 cm³/mol. The number of aliphatic carboxylic acids is 1. The molecule has 0 aromatic carbocycles. The lowest BCUT2D eigenvalue weighted by Gasteiger charge is -2.39. The molecule has 1 saturated carbocycles. The van der Waals surface area contributed by atoms with E-state index in [1.54, 1.807) is 0 Å². The van der Waals surface area contributed by atoms with Crippen LogP contribution >= 0.6 is 0 Å². The largest absolute Gasteiger partial charge is 0.481 e. The fourth-order valence-corrected chi connectivity index (χ4v) is 3.11. The zero-order valence-corrected chi connectivity index (χ0v) is 12.5. The predicted octanol–water partition coefficient (Wildman–Crippen LogP) is 2.56. The van der Waals surface area contributed by atoms with Gasteiger partial charge in [-0.1, -0.05) is 0 Å². The maximum absolute atomic E-state index is 12.6. The van der Waals surface area contributed by atoms with Crippen LogP contribution in [0.3, 0.4) is 0 Å². The Morgan fingerprint density at radius 3 is 2.60 bits per heavy atom. The molecule has 1 saturated heterocycles. The van der Waals surface area contributed by atoms with Crippen molar-refractivity contribution in [2.24, 2.45) is 5.92 Å². The van der Waals surface area contributed by atoms with E-state index in [0.29, 0.717) is 18.4 Å². The summed E-state index contributed by atoms with van der Waals surface area (Å²) in [6, 6.07) is 0.477. The van der Waals surface area contributed by atoms with Gasteiger partial charge in [-0.05, 0) is 51.4 Å². The molecule has 2 rings (SSSR count). The van der Waals surface area contributed by atoms with Crippen molar-refractivity contribution >= 4 is 12.0 Å². The zero-order valence-electron chi connectivity index (χ0n) is 12.5. The van der Waals surface area contributed by atoms with Gasteiger partial charge in [0, 0.05) is 32.1 Å². The second kappa shape index (κ2) is 6.46. The summed E-state index contributed by atoms with van der Waals surface area (Å²) in [5.74, 6) is -0.117. The van der Waals surface area contributed by atoms with Gasteiger partial charge in [0.15, 0.2) is 0 Å². The molecule has 2 amide bonds. The maximum atomic E-state index is 12.6. The fraction of sp³-hybridized carbons (Fsp3) is 0.867. The molecule has 1 heterocycles. The van der Waals surface area contributed by atoms with Gasteiger partial charge in [-0.3, -0.25) is 4.79 Å². The Labute approximate surface area is 120 Å². The summed E-state index contributed by atoms with van der Waals surface area (Å²) >= 11 is 0. The maximum Gasteiger partial charge on any atom is 0.320 e. The third-order valence-electron chi connectivity index (χ3n) is 4.78. The van der Waals surface area contributed by atoms with Gasteiger partial charge in [0.25, 0.3) is 0 Å². The molecule has 20 heavy (non-hydrogen) atoms. The van der Waals surface area contributed by atoms with Crippen LogP contribution in [-0.4, -0.2) is 52.6 Å². The highest BCUT2D eigenvalue weighted by Crippen LogP contribution is 2.35. The molecular weight excluding hydrogens is 256 g/mol. The molecular formula is C15H26N2O3. The van der Waals surface area contributed by atoms with Crippen molar-refractivity contribution in [2.75, 3.05) is 13.6 Å². The first-order chi connectivity index (χ1) is 9.50. The van der Waals surface area contributed by atoms with Crippen LogP contribution in [0.25, 0.3) is 0 Å². The van der Waals surface area contributed by atoms with Gasteiger partial charge in [0.05, 0.1) is 0 Å². The number of likely N-dealkylation sites (tertiary alicyclic amines) is 1. The quantitative estimate of drug-likeness (QED) is 0.843. The molecule has 0 radical (unpaired) electrons. The number of piperidine rings is 1. The Kier molecular flexibility index (Phi) is 4.89. The molecule has 0 aromatic heterocycles. The highest BCUT2D eigenvalue weighted by atomic mass is 16.4. The van der Waals surface area contributed by atoms with Gasteiger partial charge in [-0.25, -0.2) is 4.79 Å². The highest BCUT2D eigenvalue weighted by molar-refractivity contribution is 5.75. The van der Waals surface area contributed by atoms with E-state index in [0.717, 1.165) is 25.8 Å². The average molecular weight is 282 g/mol. The van der Waals surface area contributed by atoms with E-state index in [1.165, 1.54) is 12.8 Å². The van der Waals surface area contributed by atoms with Crippen molar-refractivity contribution < 1.29 is 14.7 Å². The zero-order chi connectivity index (χ0) is 14.7. The van der Waals surface area contributed by atoms with E-state index in [1.807, 2.05) is 16.8 Å². The number of rotatable bonds is 5. The summed E-state index contributed by atoms with van der Waals surface area (Å²) in [4.78, 5) is 27.1. The Morgan fingerprint density at radius 2 is 2.00 bits per heavy atom. The molecule has 0 bridgehead atoms. The van der Waals surface area contributed by atoms with Gasteiger partial charge in [0.1, 0.15) is 0 Å². The smallest absolute Gasteiger partial charge is 0.320 e. The lowest BCUT2D eigenvalue weighted by Crippen LogP contribution is -2.51. The van der Waals surface area contributed by atoms with Crippen LogP contribution in [0.1, 0.15) is 51.9 Å². The standard InChI is InChI=1S/C15H26N2O3/c1-11(12-6-7-12)16(2)15(20)17-10-4-3-5-13(17)8-9-14(18)19/h11-13H,3-10H2,1-2H3,(H,18,19). The molecule has 114 valence electrons. The minimum absolute atomic E-state index is 0.0829. The number of nitrogens with zero attached hydrogens (tertiary/aromatic N) is 2. The molecule has 2 aliphatic rings. The molecule has 2 atom stereocenters. The van der Waals surface area contributed by atoms with E-state index in [4.69, 9.17) is 5.11 Å². The van der Waals surface area contributed by atoms with Crippen molar-refractivity contribution in [3.63, 3.8) is 0 Å². The molecule has 2 fully saturated rings. The monoisotopic (exact) mass is 282 g/mol. The van der Waals surface area contributed by atoms with Crippen molar-refractivity contribution in [3.8, 4) is 0 Å². The minimum Gasteiger partial charge on any atom is -0.481 e. The van der Waals surface area contributed by atoms with Gasteiger partial charge in [0.2, 0.25) is 0 Å². The number of carboxylic acid groups (broad SMARTS) is 1. The molecule has 5 nitrogen and oxygen atoms in total. The number of amides is 2. The topological polar surface area (TPSA) is 60.9 Å². The fourth-order valence-electron chi connectivity index (χ4n) is 3.11. The van der Waals surface area contributed by atoms with Crippen molar-refractivity contribution in [1.82, 2.24) is 9.80 Å². The molecule has 0 aromatic rings.